The summed E-state index contributed by atoms with van der Waals surface area (Å²) in [6, 6.07) is 4.01. The summed E-state index contributed by atoms with van der Waals surface area (Å²) in [6.45, 7) is 2.31. The number of anilines is 2. The van der Waals surface area contributed by atoms with Crippen LogP contribution in [0, 0.1) is 5.92 Å². The predicted molar refractivity (Wildman–Crippen MR) is 68.7 cm³/mol. The molecule has 0 amide bonds. The minimum atomic E-state index is 0.451. The Morgan fingerprint density at radius 2 is 2.00 bits per heavy atom. The minimum Gasteiger partial charge on any atom is -0.399 e. The first-order chi connectivity index (χ1) is 7.63. The van der Waals surface area contributed by atoms with Gasteiger partial charge in [0.05, 0.1) is 0 Å². The van der Waals surface area contributed by atoms with Gasteiger partial charge in [0, 0.05) is 17.8 Å². The van der Waals surface area contributed by atoms with E-state index < -0.39 is 0 Å². The van der Waals surface area contributed by atoms with Gasteiger partial charge in [0.2, 0.25) is 0 Å². The molecule has 1 aliphatic carbocycles. The maximum atomic E-state index is 5.86. The largest absolute Gasteiger partial charge is 0.399 e. The zero-order valence-electron chi connectivity index (χ0n) is 9.54. The molecule has 0 saturated heterocycles. The van der Waals surface area contributed by atoms with Crippen LogP contribution < -0.4 is 11.1 Å². The van der Waals surface area contributed by atoms with Crippen molar-refractivity contribution < 1.29 is 0 Å². The van der Waals surface area contributed by atoms with Gasteiger partial charge in [-0.3, -0.25) is 0 Å². The lowest BCUT2D eigenvalue weighted by Gasteiger charge is -2.27. The van der Waals surface area contributed by atoms with Crippen molar-refractivity contribution in [1.29, 1.82) is 0 Å². The van der Waals surface area contributed by atoms with Crippen molar-refractivity contribution in [3.8, 4) is 0 Å². The zero-order valence-corrected chi connectivity index (χ0v) is 10.3. The molecule has 0 bridgehead atoms. The highest BCUT2D eigenvalue weighted by atomic mass is 35.5. The fourth-order valence-electron chi connectivity index (χ4n) is 2.20. The van der Waals surface area contributed by atoms with E-state index in [0.717, 1.165) is 11.7 Å². The van der Waals surface area contributed by atoms with Crippen molar-refractivity contribution in [3.05, 3.63) is 17.3 Å². The number of aromatic nitrogens is 1. The molecule has 0 aromatic carbocycles. The monoisotopic (exact) mass is 239 g/mol. The molecule has 2 rings (SSSR count). The fraction of sp³-hybridized carbons (Fsp3) is 0.583. The van der Waals surface area contributed by atoms with Gasteiger partial charge < -0.3 is 11.1 Å². The summed E-state index contributed by atoms with van der Waals surface area (Å²) in [5.41, 5.74) is 6.38. The highest BCUT2D eigenvalue weighted by molar-refractivity contribution is 6.29. The lowest BCUT2D eigenvalue weighted by Crippen LogP contribution is -2.25. The van der Waals surface area contributed by atoms with Crippen LogP contribution in [0.5, 0.6) is 0 Å². The van der Waals surface area contributed by atoms with Gasteiger partial charge in [-0.05, 0) is 37.7 Å². The molecule has 1 fully saturated rings. The van der Waals surface area contributed by atoms with Crippen LogP contribution >= 0.6 is 11.6 Å². The van der Waals surface area contributed by atoms with E-state index in [1.165, 1.54) is 25.7 Å². The zero-order chi connectivity index (χ0) is 11.5. The molecule has 1 aromatic heterocycles. The Labute approximate surface area is 101 Å². The van der Waals surface area contributed by atoms with Gasteiger partial charge >= 0.3 is 0 Å². The van der Waals surface area contributed by atoms with Crippen molar-refractivity contribution >= 4 is 23.1 Å². The van der Waals surface area contributed by atoms with Crippen LogP contribution in [-0.4, -0.2) is 11.0 Å². The van der Waals surface area contributed by atoms with E-state index in [4.69, 9.17) is 17.3 Å². The second-order valence-corrected chi connectivity index (χ2v) is 5.10. The number of pyridine rings is 1. The van der Waals surface area contributed by atoms with Crippen molar-refractivity contribution in [2.24, 2.45) is 5.92 Å². The summed E-state index contributed by atoms with van der Waals surface area (Å²) in [4.78, 5) is 4.22. The second-order valence-electron chi connectivity index (χ2n) is 4.71. The van der Waals surface area contributed by atoms with Crippen LogP contribution in [-0.2, 0) is 0 Å². The molecule has 88 valence electrons. The fourth-order valence-corrected chi connectivity index (χ4v) is 2.42. The van der Waals surface area contributed by atoms with E-state index in [1.54, 1.807) is 6.07 Å². The summed E-state index contributed by atoms with van der Waals surface area (Å²) in [6.07, 6.45) is 4.98. The highest BCUT2D eigenvalue weighted by Gasteiger charge is 2.18. The van der Waals surface area contributed by atoms with Crippen molar-refractivity contribution in [3.63, 3.8) is 0 Å². The van der Waals surface area contributed by atoms with Crippen LogP contribution in [0.1, 0.15) is 32.6 Å². The topological polar surface area (TPSA) is 50.9 Å². The van der Waals surface area contributed by atoms with Crippen LogP contribution in [0.4, 0.5) is 11.5 Å². The van der Waals surface area contributed by atoms with Crippen LogP contribution in [0.2, 0.25) is 5.15 Å². The van der Waals surface area contributed by atoms with Gasteiger partial charge in [-0.15, -0.1) is 0 Å². The molecule has 3 N–H and O–H groups in total. The molecule has 4 heteroatoms. The Morgan fingerprint density at radius 1 is 1.31 bits per heavy atom. The number of rotatable bonds is 2. The number of nitrogens with two attached hydrogens (primary N) is 1. The van der Waals surface area contributed by atoms with Gasteiger partial charge in [-0.2, -0.15) is 0 Å². The summed E-state index contributed by atoms with van der Waals surface area (Å²) in [5.74, 6) is 1.65. The number of nitrogens with one attached hydrogen (secondary N) is 1. The SMILES string of the molecule is CC1CCC(Nc2cc(N)cc(Cl)n2)CC1. The molecule has 0 aliphatic heterocycles. The van der Waals surface area contributed by atoms with E-state index in [-0.39, 0.29) is 0 Å². The standard InChI is InChI=1S/C12H18ClN3/c1-8-2-4-10(5-3-8)15-12-7-9(14)6-11(13)16-12/h6-8,10H,2-5H2,1H3,(H3,14,15,16). The molecule has 1 saturated carbocycles. The van der Waals surface area contributed by atoms with E-state index in [9.17, 15) is 0 Å². The Hall–Kier alpha value is -0.960. The molecular weight excluding hydrogens is 222 g/mol. The Kier molecular flexibility index (Phi) is 3.54. The maximum Gasteiger partial charge on any atom is 0.133 e. The molecule has 3 nitrogen and oxygen atoms in total. The average molecular weight is 240 g/mol. The Balaban J connectivity index is 1.98. The number of halogens is 1. The lowest BCUT2D eigenvalue weighted by atomic mass is 9.87. The Morgan fingerprint density at radius 3 is 2.62 bits per heavy atom. The lowest BCUT2D eigenvalue weighted by molar-refractivity contribution is 0.361. The normalized spacial score (nSPS) is 25.4. The first kappa shape index (κ1) is 11.5. The summed E-state index contributed by atoms with van der Waals surface area (Å²) < 4.78 is 0. The third-order valence-corrected chi connectivity index (χ3v) is 3.38. The van der Waals surface area contributed by atoms with E-state index in [1.807, 2.05) is 6.07 Å². The highest BCUT2D eigenvalue weighted by Crippen LogP contribution is 2.26. The number of nitrogen functional groups attached to an aromatic ring is 1. The van der Waals surface area contributed by atoms with Crippen molar-refractivity contribution in [2.45, 2.75) is 38.6 Å². The number of nitrogens with zero attached hydrogens (tertiary/aromatic N) is 1. The third-order valence-electron chi connectivity index (χ3n) is 3.18. The Bertz CT molecular complexity index is 339. The molecular formula is C12H18ClN3. The number of hydrogen-bond acceptors (Lipinski definition) is 3. The average Bonchev–Trinajstić information content (AvgIpc) is 2.20. The first-order valence-corrected chi connectivity index (χ1v) is 6.21. The van der Waals surface area contributed by atoms with Crippen LogP contribution in [0.25, 0.3) is 0 Å². The van der Waals surface area contributed by atoms with E-state index >= 15 is 0 Å². The first-order valence-electron chi connectivity index (χ1n) is 5.83. The smallest absolute Gasteiger partial charge is 0.133 e. The molecule has 1 aromatic rings. The quantitative estimate of drug-likeness (QED) is 0.779. The molecule has 1 heterocycles. The predicted octanol–water partition coefficient (Wildman–Crippen LogP) is 3.31. The third kappa shape index (κ3) is 3.01. The van der Waals surface area contributed by atoms with Gasteiger partial charge in [-0.1, -0.05) is 18.5 Å². The summed E-state index contributed by atoms with van der Waals surface area (Å²) in [5, 5.41) is 3.86. The molecule has 0 unspecified atom stereocenters. The molecule has 0 spiro atoms. The number of hydrogen-bond donors (Lipinski definition) is 2. The van der Waals surface area contributed by atoms with Gasteiger partial charge in [-0.25, -0.2) is 4.98 Å². The van der Waals surface area contributed by atoms with Crippen molar-refractivity contribution in [1.82, 2.24) is 4.98 Å². The van der Waals surface area contributed by atoms with E-state index in [2.05, 4.69) is 17.2 Å². The van der Waals surface area contributed by atoms with Gasteiger partial charge in [0.1, 0.15) is 11.0 Å². The van der Waals surface area contributed by atoms with Gasteiger partial charge in [0.15, 0.2) is 0 Å². The maximum absolute atomic E-state index is 5.86. The molecule has 1 aliphatic rings. The molecule has 0 radical (unpaired) electrons. The van der Waals surface area contributed by atoms with Crippen LogP contribution in [0.3, 0.4) is 0 Å². The van der Waals surface area contributed by atoms with E-state index in [0.29, 0.717) is 16.9 Å². The summed E-state index contributed by atoms with van der Waals surface area (Å²) >= 11 is 5.86. The summed E-state index contributed by atoms with van der Waals surface area (Å²) in [7, 11) is 0. The van der Waals surface area contributed by atoms with Gasteiger partial charge in [0.25, 0.3) is 0 Å². The minimum absolute atomic E-state index is 0.451. The molecule has 0 atom stereocenters. The molecule has 16 heavy (non-hydrogen) atoms. The second kappa shape index (κ2) is 4.91. The van der Waals surface area contributed by atoms with Crippen molar-refractivity contribution in [2.75, 3.05) is 11.1 Å². The van der Waals surface area contributed by atoms with Crippen LogP contribution in [0.15, 0.2) is 12.1 Å².